The quantitative estimate of drug-likeness (QED) is 0.646. The van der Waals surface area contributed by atoms with Gasteiger partial charge < -0.3 is 19.4 Å². The molecule has 7 nitrogen and oxygen atoms in total. The third-order valence-corrected chi connectivity index (χ3v) is 4.75. The standard InChI is InChI=1S/C21H25N3O4/c1-23(2)17(15-8-4-6-10-18(15)27-3)14-22-20(25)12-13-24-16-9-5-7-11-19(16)28-21(24)26/h4-11,17H,12-14H2,1-3H3,(H,22,25). The van der Waals surface area contributed by atoms with Crippen LogP contribution in [0.15, 0.2) is 57.7 Å². The zero-order valence-corrected chi connectivity index (χ0v) is 16.3. The second kappa shape index (κ2) is 8.75. The molecule has 0 spiro atoms. The first-order valence-electron chi connectivity index (χ1n) is 9.15. The second-order valence-corrected chi connectivity index (χ2v) is 6.76. The smallest absolute Gasteiger partial charge is 0.419 e. The van der Waals surface area contributed by atoms with Crippen LogP contribution in [0.25, 0.3) is 11.1 Å². The fourth-order valence-corrected chi connectivity index (χ4v) is 3.25. The van der Waals surface area contributed by atoms with Gasteiger partial charge in [-0.1, -0.05) is 30.3 Å². The Kier molecular flexibility index (Phi) is 6.16. The van der Waals surface area contributed by atoms with Crippen molar-refractivity contribution >= 4 is 17.0 Å². The Morgan fingerprint density at radius 2 is 1.89 bits per heavy atom. The second-order valence-electron chi connectivity index (χ2n) is 6.76. The molecule has 1 unspecified atom stereocenters. The zero-order chi connectivity index (χ0) is 20.1. The van der Waals surface area contributed by atoms with E-state index in [9.17, 15) is 9.59 Å². The summed E-state index contributed by atoms with van der Waals surface area (Å²) in [6.07, 6.45) is 0.190. The van der Waals surface area contributed by atoms with Crippen LogP contribution in [0.2, 0.25) is 0 Å². The summed E-state index contributed by atoms with van der Waals surface area (Å²) in [7, 11) is 5.55. The van der Waals surface area contributed by atoms with Gasteiger partial charge >= 0.3 is 5.76 Å². The minimum atomic E-state index is -0.450. The van der Waals surface area contributed by atoms with Gasteiger partial charge in [0, 0.05) is 25.1 Å². The van der Waals surface area contributed by atoms with Gasteiger partial charge in [-0.15, -0.1) is 0 Å². The van der Waals surface area contributed by atoms with Crippen LogP contribution in [0.1, 0.15) is 18.0 Å². The number of nitrogens with zero attached hydrogens (tertiary/aromatic N) is 2. The first-order valence-corrected chi connectivity index (χ1v) is 9.15. The molecule has 1 heterocycles. The van der Waals surface area contributed by atoms with Crippen LogP contribution in [0, 0.1) is 0 Å². The van der Waals surface area contributed by atoms with Gasteiger partial charge in [0.2, 0.25) is 5.91 Å². The molecule has 0 radical (unpaired) electrons. The number of carbonyl (C=O) groups is 1. The largest absolute Gasteiger partial charge is 0.496 e. The highest BCUT2D eigenvalue weighted by Crippen LogP contribution is 2.27. The van der Waals surface area contributed by atoms with Gasteiger partial charge in [-0.05, 0) is 32.3 Å². The number of carbonyl (C=O) groups excluding carboxylic acids is 1. The molecular weight excluding hydrogens is 358 g/mol. The fraction of sp³-hybridized carbons (Fsp3) is 0.333. The van der Waals surface area contributed by atoms with Crippen LogP contribution in [0.3, 0.4) is 0 Å². The highest BCUT2D eigenvalue weighted by molar-refractivity contribution is 5.76. The first kappa shape index (κ1) is 19.7. The van der Waals surface area contributed by atoms with Gasteiger partial charge in [0.05, 0.1) is 18.7 Å². The number of likely N-dealkylation sites (N-methyl/N-ethyl adjacent to an activating group) is 1. The highest BCUT2D eigenvalue weighted by Gasteiger charge is 2.19. The number of ether oxygens (including phenoxy) is 1. The minimum absolute atomic E-state index is 0.0300. The third kappa shape index (κ3) is 4.26. The molecule has 7 heteroatoms. The summed E-state index contributed by atoms with van der Waals surface area (Å²) in [5, 5.41) is 2.96. The van der Waals surface area contributed by atoms with Crippen LogP contribution in [0.4, 0.5) is 0 Å². The monoisotopic (exact) mass is 383 g/mol. The Labute approximate surface area is 163 Å². The summed E-state index contributed by atoms with van der Waals surface area (Å²) >= 11 is 0. The van der Waals surface area contributed by atoms with Crippen LogP contribution in [0.5, 0.6) is 5.75 Å². The molecule has 0 aliphatic heterocycles. The maximum absolute atomic E-state index is 12.4. The number of rotatable bonds is 8. The number of benzene rings is 2. The molecule has 0 aliphatic carbocycles. The zero-order valence-electron chi connectivity index (χ0n) is 16.3. The van der Waals surface area contributed by atoms with Gasteiger partial charge in [-0.3, -0.25) is 9.36 Å². The van der Waals surface area contributed by atoms with E-state index >= 15 is 0 Å². The van der Waals surface area contributed by atoms with Crippen molar-refractivity contribution in [3.63, 3.8) is 0 Å². The topological polar surface area (TPSA) is 76.7 Å². The number of methoxy groups -OCH3 is 1. The Hall–Kier alpha value is -3.06. The molecule has 3 aromatic rings. The molecule has 0 aliphatic rings. The van der Waals surface area contributed by atoms with Crippen LogP contribution >= 0.6 is 0 Å². The predicted molar refractivity (Wildman–Crippen MR) is 108 cm³/mol. The lowest BCUT2D eigenvalue weighted by atomic mass is 10.0. The fourth-order valence-electron chi connectivity index (χ4n) is 3.25. The van der Waals surface area contributed by atoms with Gasteiger partial charge in [0.25, 0.3) is 0 Å². The maximum atomic E-state index is 12.4. The van der Waals surface area contributed by atoms with Crippen molar-refractivity contribution in [3.05, 3.63) is 64.6 Å². The van der Waals surface area contributed by atoms with Gasteiger partial charge in [-0.25, -0.2) is 4.79 Å². The summed E-state index contributed by atoms with van der Waals surface area (Å²) in [5.74, 6) is 0.208. The molecule has 1 N–H and O–H groups in total. The van der Waals surface area contributed by atoms with E-state index in [0.29, 0.717) is 17.6 Å². The number of oxazole rings is 1. The van der Waals surface area contributed by atoms with Crippen LogP contribution in [-0.2, 0) is 11.3 Å². The first-order chi connectivity index (χ1) is 13.5. The lowest BCUT2D eigenvalue weighted by molar-refractivity contribution is -0.121. The molecular formula is C21H25N3O4. The average Bonchev–Trinajstić information content (AvgIpc) is 3.01. The van der Waals surface area contributed by atoms with Gasteiger partial charge in [0.15, 0.2) is 5.58 Å². The number of aryl methyl sites for hydroxylation is 1. The number of hydrogen-bond donors (Lipinski definition) is 1. The number of aromatic nitrogens is 1. The molecule has 148 valence electrons. The Bertz CT molecular complexity index is 1010. The highest BCUT2D eigenvalue weighted by atomic mass is 16.5. The number of para-hydroxylation sites is 3. The molecule has 1 aromatic heterocycles. The molecule has 1 amide bonds. The van der Waals surface area contributed by atoms with E-state index in [1.165, 1.54) is 4.57 Å². The van der Waals surface area contributed by atoms with E-state index in [2.05, 4.69) is 5.32 Å². The Morgan fingerprint density at radius 1 is 1.18 bits per heavy atom. The van der Waals surface area contributed by atoms with Crippen molar-refractivity contribution in [3.8, 4) is 5.75 Å². The molecule has 28 heavy (non-hydrogen) atoms. The molecule has 3 rings (SSSR count). The van der Waals surface area contributed by atoms with Crippen molar-refractivity contribution in [2.24, 2.45) is 0 Å². The van der Waals surface area contributed by atoms with E-state index in [-0.39, 0.29) is 24.9 Å². The average molecular weight is 383 g/mol. The normalized spacial score (nSPS) is 12.3. The van der Waals surface area contributed by atoms with Crippen molar-refractivity contribution < 1.29 is 13.9 Å². The van der Waals surface area contributed by atoms with E-state index < -0.39 is 5.76 Å². The summed E-state index contributed by atoms with van der Waals surface area (Å²) < 4.78 is 12.1. The molecule has 0 fully saturated rings. The summed E-state index contributed by atoms with van der Waals surface area (Å²) in [6.45, 7) is 0.705. The van der Waals surface area contributed by atoms with Crippen molar-refractivity contribution in [1.29, 1.82) is 0 Å². The Balaban J connectivity index is 1.64. The summed E-state index contributed by atoms with van der Waals surface area (Å²) in [5.41, 5.74) is 2.23. The number of hydrogen-bond acceptors (Lipinski definition) is 5. The number of nitrogens with one attached hydrogen (secondary N) is 1. The maximum Gasteiger partial charge on any atom is 0.419 e. The lowest BCUT2D eigenvalue weighted by Gasteiger charge is -2.26. The van der Waals surface area contributed by atoms with E-state index in [0.717, 1.165) is 11.3 Å². The number of amides is 1. The summed E-state index contributed by atoms with van der Waals surface area (Å²) in [6, 6.07) is 14.9. The van der Waals surface area contributed by atoms with E-state index in [1.54, 1.807) is 13.2 Å². The van der Waals surface area contributed by atoms with Crippen LogP contribution < -0.4 is 15.8 Å². The van der Waals surface area contributed by atoms with Crippen molar-refractivity contribution in [2.45, 2.75) is 19.0 Å². The molecule has 0 saturated heterocycles. The molecule has 2 aromatic carbocycles. The molecule has 1 atom stereocenters. The lowest BCUT2D eigenvalue weighted by Crippen LogP contribution is -2.35. The van der Waals surface area contributed by atoms with E-state index in [1.807, 2.05) is 61.5 Å². The molecule has 0 saturated carbocycles. The van der Waals surface area contributed by atoms with Gasteiger partial charge in [0.1, 0.15) is 5.75 Å². The predicted octanol–water partition coefficient (Wildman–Crippen LogP) is 2.41. The minimum Gasteiger partial charge on any atom is -0.496 e. The Morgan fingerprint density at radius 3 is 2.64 bits per heavy atom. The van der Waals surface area contributed by atoms with E-state index in [4.69, 9.17) is 9.15 Å². The van der Waals surface area contributed by atoms with Gasteiger partial charge in [-0.2, -0.15) is 0 Å². The van der Waals surface area contributed by atoms with Crippen LogP contribution in [-0.4, -0.2) is 43.1 Å². The van der Waals surface area contributed by atoms with Crippen molar-refractivity contribution in [1.82, 2.24) is 14.8 Å². The molecule has 0 bridgehead atoms. The third-order valence-electron chi connectivity index (χ3n) is 4.75. The van der Waals surface area contributed by atoms with Crippen molar-refractivity contribution in [2.75, 3.05) is 27.7 Å². The summed E-state index contributed by atoms with van der Waals surface area (Å²) in [4.78, 5) is 26.4. The number of fused-ring (bicyclic) bond motifs is 1. The SMILES string of the molecule is COc1ccccc1C(CNC(=O)CCn1c(=O)oc2ccccc21)N(C)C.